The Hall–Kier alpha value is -2.10. The van der Waals surface area contributed by atoms with Gasteiger partial charge in [-0.1, -0.05) is 11.8 Å². The lowest BCUT2D eigenvalue weighted by Crippen LogP contribution is -2.33. The molecule has 1 heterocycles. The monoisotopic (exact) mass is 309 g/mol. The normalized spacial score (nSPS) is 18.1. The number of amidine groups is 1. The maximum absolute atomic E-state index is 12.1. The number of aryl methyl sites for hydroxylation is 1. The standard InChI is InChI=1S/C12H13N4O4S/c1-6-4-7(16(19)20)2-3-8(6)14-11(18)9-5-10(17)15-12(13)21-9/h2-4,9,19H,5H2,1H3,(H,14,18)(H2,13,15,17)/q-1. The predicted molar refractivity (Wildman–Crippen MR) is 80.1 cm³/mol. The summed E-state index contributed by atoms with van der Waals surface area (Å²) in [6.07, 6.45) is -0.0146. The lowest BCUT2D eigenvalue weighted by molar-refractivity contribution is -0.121. The van der Waals surface area contributed by atoms with Crippen molar-refractivity contribution in [3.63, 3.8) is 0 Å². The van der Waals surface area contributed by atoms with E-state index in [1.807, 2.05) is 0 Å². The first-order chi connectivity index (χ1) is 9.86. The second kappa shape index (κ2) is 6.12. The lowest BCUT2D eigenvalue weighted by atomic mass is 10.1. The fourth-order valence-electron chi connectivity index (χ4n) is 1.81. The second-order valence-corrected chi connectivity index (χ2v) is 5.64. The van der Waals surface area contributed by atoms with Gasteiger partial charge in [-0.3, -0.25) is 14.8 Å². The van der Waals surface area contributed by atoms with Crippen LogP contribution in [0.1, 0.15) is 12.0 Å². The van der Waals surface area contributed by atoms with Crippen molar-refractivity contribution in [2.75, 3.05) is 10.5 Å². The minimum Gasteiger partial charge on any atom is -0.733 e. The molecule has 1 aromatic rings. The summed E-state index contributed by atoms with van der Waals surface area (Å²) in [6.45, 7) is 1.68. The molecule has 0 spiro atoms. The van der Waals surface area contributed by atoms with Crippen LogP contribution in [0.4, 0.5) is 11.4 Å². The molecule has 8 nitrogen and oxygen atoms in total. The minimum absolute atomic E-state index is 0.0146. The largest absolute Gasteiger partial charge is 0.733 e. The first kappa shape index (κ1) is 15.3. The molecule has 2 amide bonds. The summed E-state index contributed by atoms with van der Waals surface area (Å²) in [6, 6.07) is 4.29. The Bertz CT molecular complexity index is 617. The van der Waals surface area contributed by atoms with Crippen molar-refractivity contribution in [1.29, 1.82) is 0 Å². The van der Waals surface area contributed by atoms with E-state index in [4.69, 9.17) is 10.9 Å². The average molecular weight is 309 g/mol. The summed E-state index contributed by atoms with van der Waals surface area (Å²) in [4.78, 5) is 27.0. The molecule has 1 aromatic carbocycles. The van der Waals surface area contributed by atoms with Crippen molar-refractivity contribution in [3.8, 4) is 0 Å². The number of amides is 2. The van der Waals surface area contributed by atoms with Crippen LogP contribution >= 0.6 is 11.8 Å². The molecule has 1 aliphatic heterocycles. The number of nitrogens with one attached hydrogen (secondary N) is 1. The molecule has 0 fully saturated rings. The molecule has 21 heavy (non-hydrogen) atoms. The van der Waals surface area contributed by atoms with Gasteiger partial charge in [-0.2, -0.15) is 4.99 Å². The lowest BCUT2D eigenvalue weighted by Gasteiger charge is -2.23. The number of carbonyl (C=O) groups is 2. The van der Waals surface area contributed by atoms with Gasteiger partial charge in [-0.25, -0.2) is 0 Å². The molecule has 2 rings (SSSR count). The summed E-state index contributed by atoms with van der Waals surface area (Å²) < 4.78 is 0. The Morgan fingerprint density at radius 2 is 2.33 bits per heavy atom. The fraction of sp³-hybridized carbons (Fsp3) is 0.250. The summed E-state index contributed by atoms with van der Waals surface area (Å²) in [5.41, 5.74) is 6.62. The van der Waals surface area contributed by atoms with Gasteiger partial charge in [0.1, 0.15) is 5.25 Å². The molecule has 0 aromatic heterocycles. The topological polar surface area (TPSA) is 131 Å². The number of benzene rings is 1. The average Bonchev–Trinajstić information content (AvgIpc) is 2.39. The molecule has 4 N–H and O–H groups in total. The van der Waals surface area contributed by atoms with E-state index < -0.39 is 11.2 Å². The Morgan fingerprint density at radius 3 is 2.90 bits per heavy atom. The van der Waals surface area contributed by atoms with Crippen molar-refractivity contribution in [2.24, 2.45) is 10.7 Å². The number of thioether (sulfide) groups is 1. The Kier molecular flexibility index (Phi) is 4.46. The minimum atomic E-state index is -0.636. The molecule has 0 saturated carbocycles. The number of anilines is 2. The highest BCUT2D eigenvalue weighted by Crippen LogP contribution is 2.25. The van der Waals surface area contributed by atoms with Crippen molar-refractivity contribution in [3.05, 3.63) is 29.0 Å². The van der Waals surface area contributed by atoms with Gasteiger partial charge in [0.15, 0.2) is 5.17 Å². The van der Waals surface area contributed by atoms with Crippen LogP contribution in [0.15, 0.2) is 23.2 Å². The van der Waals surface area contributed by atoms with E-state index in [-0.39, 0.29) is 28.4 Å². The van der Waals surface area contributed by atoms with Crippen LogP contribution in [0.2, 0.25) is 0 Å². The number of nitrogens with zero attached hydrogens (tertiary/aromatic N) is 2. The van der Waals surface area contributed by atoms with Gasteiger partial charge in [-0.05, 0) is 30.7 Å². The summed E-state index contributed by atoms with van der Waals surface area (Å²) in [5.74, 6) is -0.800. The van der Waals surface area contributed by atoms with E-state index >= 15 is 0 Å². The van der Waals surface area contributed by atoms with E-state index in [0.29, 0.717) is 11.3 Å². The third-order valence-electron chi connectivity index (χ3n) is 2.84. The number of hydrogen-bond acceptors (Lipinski definition) is 7. The SMILES string of the molecule is Cc1cc(N([O-])O)ccc1NC(=O)C1CC(=O)N=C(N)S1. The van der Waals surface area contributed by atoms with Crippen molar-refractivity contribution in [2.45, 2.75) is 18.6 Å². The summed E-state index contributed by atoms with van der Waals surface area (Å²) in [5, 5.41) is 21.4. The van der Waals surface area contributed by atoms with Gasteiger partial charge in [0.2, 0.25) is 11.8 Å². The zero-order valence-electron chi connectivity index (χ0n) is 11.1. The van der Waals surface area contributed by atoms with Crippen LogP contribution in [-0.2, 0) is 9.59 Å². The van der Waals surface area contributed by atoms with E-state index in [0.717, 1.165) is 11.8 Å². The van der Waals surface area contributed by atoms with Gasteiger partial charge >= 0.3 is 0 Å². The van der Waals surface area contributed by atoms with Crippen LogP contribution in [0.25, 0.3) is 0 Å². The highest BCUT2D eigenvalue weighted by Gasteiger charge is 2.28. The quantitative estimate of drug-likeness (QED) is 0.709. The second-order valence-electron chi connectivity index (χ2n) is 4.42. The van der Waals surface area contributed by atoms with E-state index in [9.17, 15) is 14.8 Å². The van der Waals surface area contributed by atoms with Gasteiger partial charge in [0.25, 0.3) is 0 Å². The molecule has 0 saturated heterocycles. The summed E-state index contributed by atoms with van der Waals surface area (Å²) >= 11 is 1.03. The van der Waals surface area contributed by atoms with E-state index in [1.165, 1.54) is 18.2 Å². The first-order valence-electron chi connectivity index (χ1n) is 5.98. The number of rotatable bonds is 3. The third kappa shape index (κ3) is 3.72. The molecule has 0 aliphatic carbocycles. The van der Waals surface area contributed by atoms with Gasteiger partial charge < -0.3 is 21.5 Å². The number of hydrogen-bond donors (Lipinski definition) is 3. The van der Waals surface area contributed by atoms with Crippen molar-refractivity contribution >= 4 is 40.1 Å². The molecular formula is C12H13N4O4S-. The number of aliphatic imine (C=N–C) groups is 1. The molecule has 0 bridgehead atoms. The zero-order chi connectivity index (χ0) is 15.6. The molecule has 1 atom stereocenters. The summed E-state index contributed by atoms with van der Waals surface area (Å²) in [7, 11) is 0. The van der Waals surface area contributed by atoms with Crippen LogP contribution in [0, 0.1) is 12.1 Å². The van der Waals surface area contributed by atoms with Crippen molar-refractivity contribution < 1.29 is 14.8 Å². The Labute approximate surface area is 124 Å². The molecule has 1 unspecified atom stereocenters. The molecule has 0 radical (unpaired) electrons. The number of nitrogens with two attached hydrogens (primary N) is 1. The van der Waals surface area contributed by atoms with Gasteiger partial charge in [0, 0.05) is 5.69 Å². The smallest absolute Gasteiger partial charge is 0.249 e. The maximum atomic E-state index is 12.1. The fourth-order valence-corrected chi connectivity index (χ4v) is 2.65. The molecule has 112 valence electrons. The van der Waals surface area contributed by atoms with Crippen molar-refractivity contribution in [1.82, 2.24) is 0 Å². The highest BCUT2D eigenvalue weighted by atomic mass is 32.2. The van der Waals surface area contributed by atoms with Gasteiger partial charge in [0.05, 0.1) is 12.1 Å². The third-order valence-corrected chi connectivity index (χ3v) is 3.84. The Balaban J connectivity index is 2.10. The molecular weight excluding hydrogens is 296 g/mol. The van der Waals surface area contributed by atoms with Crippen LogP contribution < -0.4 is 16.3 Å². The van der Waals surface area contributed by atoms with Crippen LogP contribution in [0.3, 0.4) is 0 Å². The maximum Gasteiger partial charge on any atom is 0.249 e. The van der Waals surface area contributed by atoms with E-state index in [1.54, 1.807) is 6.92 Å². The van der Waals surface area contributed by atoms with Crippen LogP contribution in [-0.4, -0.2) is 27.4 Å². The highest BCUT2D eigenvalue weighted by molar-refractivity contribution is 8.15. The molecule has 1 aliphatic rings. The Morgan fingerprint density at radius 1 is 1.62 bits per heavy atom. The first-order valence-corrected chi connectivity index (χ1v) is 6.86. The number of carbonyl (C=O) groups excluding carboxylic acids is 2. The van der Waals surface area contributed by atoms with E-state index in [2.05, 4.69) is 10.3 Å². The molecule has 9 heteroatoms. The van der Waals surface area contributed by atoms with Crippen LogP contribution in [0.5, 0.6) is 0 Å². The van der Waals surface area contributed by atoms with Gasteiger partial charge in [-0.15, -0.1) is 0 Å². The predicted octanol–water partition coefficient (Wildman–Crippen LogP) is 0.974. The zero-order valence-corrected chi connectivity index (χ0v) is 11.9.